The van der Waals surface area contributed by atoms with E-state index in [1.807, 2.05) is 46.7 Å². The topological polar surface area (TPSA) is 66.5 Å². The van der Waals surface area contributed by atoms with E-state index in [4.69, 9.17) is 6.42 Å². The fraction of sp³-hybridized carbons (Fsp3) is 0.136. The maximum absolute atomic E-state index is 12.7. The molecule has 148 valence electrons. The van der Waals surface area contributed by atoms with Crippen molar-refractivity contribution in [3.05, 3.63) is 76.5 Å². The molecule has 0 aliphatic heterocycles. The summed E-state index contributed by atoms with van der Waals surface area (Å²) in [5.74, 6) is 2.41. The minimum atomic E-state index is -3.27. The fourth-order valence-corrected chi connectivity index (χ4v) is 4.13. The van der Waals surface area contributed by atoms with Gasteiger partial charge in [0.15, 0.2) is 9.84 Å². The standard InChI is InChI=1S/C22H20N2O3S2/c1-3-17-6-4-7-19(14-17)24(15-20-8-5-13-28-20)16-22(25)23-18-9-11-21(12-10-18)29(2,26)27/h1,4-14H,15-16H2,2H3,(H,23,25). The van der Waals surface area contributed by atoms with Crippen molar-refractivity contribution >= 4 is 38.5 Å². The van der Waals surface area contributed by atoms with Gasteiger partial charge in [-0.05, 0) is 53.9 Å². The number of rotatable bonds is 7. The second-order valence-corrected chi connectivity index (χ2v) is 9.52. The molecule has 1 amide bonds. The molecular formula is C22H20N2O3S2. The van der Waals surface area contributed by atoms with Crippen LogP contribution in [0.3, 0.4) is 0 Å². The Bertz CT molecular complexity index is 1130. The number of benzene rings is 2. The molecule has 0 bridgehead atoms. The highest BCUT2D eigenvalue weighted by atomic mass is 32.2. The summed E-state index contributed by atoms with van der Waals surface area (Å²) in [5.41, 5.74) is 2.14. The summed E-state index contributed by atoms with van der Waals surface area (Å²) in [6, 6.07) is 17.6. The van der Waals surface area contributed by atoms with Crippen LogP contribution in [0.2, 0.25) is 0 Å². The third-order valence-electron chi connectivity index (χ3n) is 4.21. The molecule has 0 spiro atoms. The summed E-state index contributed by atoms with van der Waals surface area (Å²) in [5, 5.41) is 4.81. The zero-order valence-corrected chi connectivity index (χ0v) is 17.5. The van der Waals surface area contributed by atoms with Crippen LogP contribution in [0.25, 0.3) is 0 Å². The van der Waals surface area contributed by atoms with Gasteiger partial charge in [-0.1, -0.05) is 18.1 Å². The van der Waals surface area contributed by atoms with E-state index in [1.165, 1.54) is 12.1 Å². The van der Waals surface area contributed by atoms with Gasteiger partial charge in [0.2, 0.25) is 5.91 Å². The van der Waals surface area contributed by atoms with Gasteiger partial charge < -0.3 is 10.2 Å². The van der Waals surface area contributed by atoms with E-state index in [1.54, 1.807) is 23.5 Å². The van der Waals surface area contributed by atoms with Gasteiger partial charge in [-0.2, -0.15) is 0 Å². The van der Waals surface area contributed by atoms with Crippen LogP contribution in [0.15, 0.2) is 70.9 Å². The summed E-state index contributed by atoms with van der Waals surface area (Å²) < 4.78 is 23.1. The van der Waals surface area contributed by atoms with Crippen LogP contribution in [-0.4, -0.2) is 27.1 Å². The number of hydrogen-bond acceptors (Lipinski definition) is 5. The largest absolute Gasteiger partial charge is 0.357 e. The van der Waals surface area contributed by atoms with Crippen molar-refractivity contribution in [2.75, 3.05) is 23.0 Å². The summed E-state index contributed by atoms with van der Waals surface area (Å²) in [6.07, 6.45) is 6.66. The van der Waals surface area contributed by atoms with Gasteiger partial charge in [-0.3, -0.25) is 4.79 Å². The third-order valence-corrected chi connectivity index (χ3v) is 6.20. The molecule has 0 saturated carbocycles. The lowest BCUT2D eigenvalue weighted by Gasteiger charge is -2.24. The molecule has 3 aromatic rings. The lowest BCUT2D eigenvalue weighted by Crippen LogP contribution is -2.32. The highest BCUT2D eigenvalue weighted by molar-refractivity contribution is 7.90. The van der Waals surface area contributed by atoms with E-state index in [0.29, 0.717) is 12.2 Å². The minimum Gasteiger partial charge on any atom is -0.357 e. The van der Waals surface area contributed by atoms with Crippen molar-refractivity contribution in [1.82, 2.24) is 0 Å². The van der Waals surface area contributed by atoms with Gasteiger partial charge in [-0.15, -0.1) is 17.8 Å². The maximum Gasteiger partial charge on any atom is 0.243 e. The minimum absolute atomic E-state index is 0.125. The van der Waals surface area contributed by atoms with Gasteiger partial charge in [-0.25, -0.2) is 8.42 Å². The van der Waals surface area contributed by atoms with E-state index in [0.717, 1.165) is 22.4 Å². The normalized spacial score (nSPS) is 10.9. The van der Waals surface area contributed by atoms with E-state index in [2.05, 4.69) is 11.2 Å². The molecule has 0 saturated heterocycles. The van der Waals surface area contributed by atoms with E-state index >= 15 is 0 Å². The maximum atomic E-state index is 12.7. The van der Waals surface area contributed by atoms with Crippen LogP contribution in [0.1, 0.15) is 10.4 Å². The predicted octanol–water partition coefficient (Wildman–Crippen LogP) is 3.78. The van der Waals surface area contributed by atoms with Gasteiger partial charge in [0.1, 0.15) is 0 Å². The predicted molar refractivity (Wildman–Crippen MR) is 118 cm³/mol. The first kappa shape index (κ1) is 20.6. The van der Waals surface area contributed by atoms with Gasteiger partial charge >= 0.3 is 0 Å². The first-order chi connectivity index (χ1) is 13.8. The molecule has 3 rings (SSSR count). The molecule has 1 N–H and O–H groups in total. The van der Waals surface area contributed by atoms with E-state index in [9.17, 15) is 13.2 Å². The fourth-order valence-electron chi connectivity index (χ4n) is 2.78. The molecule has 0 unspecified atom stereocenters. The second kappa shape index (κ2) is 8.95. The Balaban J connectivity index is 1.76. The number of anilines is 2. The van der Waals surface area contributed by atoms with Crippen LogP contribution >= 0.6 is 11.3 Å². The molecule has 1 aromatic heterocycles. The van der Waals surface area contributed by atoms with Crippen molar-refractivity contribution in [1.29, 1.82) is 0 Å². The number of hydrogen-bond donors (Lipinski definition) is 1. The van der Waals surface area contributed by atoms with Gasteiger partial charge in [0.05, 0.1) is 18.0 Å². The number of sulfone groups is 1. The Morgan fingerprint density at radius 1 is 1.14 bits per heavy atom. The molecule has 0 aliphatic rings. The van der Waals surface area contributed by atoms with Crippen molar-refractivity contribution in [2.24, 2.45) is 0 Å². The Morgan fingerprint density at radius 3 is 2.52 bits per heavy atom. The number of nitrogens with one attached hydrogen (secondary N) is 1. The first-order valence-corrected chi connectivity index (χ1v) is 11.6. The van der Waals surface area contributed by atoms with Crippen LogP contribution in [0.5, 0.6) is 0 Å². The van der Waals surface area contributed by atoms with Crippen molar-refractivity contribution in [2.45, 2.75) is 11.4 Å². The highest BCUT2D eigenvalue weighted by Gasteiger charge is 2.14. The second-order valence-electron chi connectivity index (χ2n) is 6.47. The summed E-state index contributed by atoms with van der Waals surface area (Å²) in [7, 11) is -3.27. The van der Waals surface area contributed by atoms with Crippen molar-refractivity contribution < 1.29 is 13.2 Å². The van der Waals surface area contributed by atoms with Crippen molar-refractivity contribution in [3.8, 4) is 12.3 Å². The average Bonchev–Trinajstić information content (AvgIpc) is 3.20. The Morgan fingerprint density at radius 2 is 1.90 bits per heavy atom. The monoisotopic (exact) mass is 424 g/mol. The van der Waals surface area contributed by atoms with Crippen LogP contribution in [0.4, 0.5) is 11.4 Å². The quantitative estimate of drug-likeness (QED) is 0.586. The number of thiophene rings is 1. The number of amides is 1. The molecule has 29 heavy (non-hydrogen) atoms. The van der Waals surface area contributed by atoms with E-state index in [-0.39, 0.29) is 17.3 Å². The summed E-state index contributed by atoms with van der Waals surface area (Å²) in [6.45, 7) is 0.700. The Labute approximate surface area is 174 Å². The molecule has 5 nitrogen and oxygen atoms in total. The molecule has 0 atom stereocenters. The summed E-state index contributed by atoms with van der Waals surface area (Å²) in [4.78, 5) is 15.9. The first-order valence-electron chi connectivity index (χ1n) is 8.79. The van der Waals surface area contributed by atoms with Crippen molar-refractivity contribution in [3.63, 3.8) is 0 Å². The number of terminal acetylenes is 1. The van der Waals surface area contributed by atoms with Crippen LogP contribution in [-0.2, 0) is 21.2 Å². The SMILES string of the molecule is C#Cc1cccc(N(CC(=O)Nc2ccc(S(C)(=O)=O)cc2)Cc2cccs2)c1. The zero-order chi connectivity index (χ0) is 20.9. The zero-order valence-electron chi connectivity index (χ0n) is 15.8. The Hall–Kier alpha value is -3.08. The summed E-state index contributed by atoms with van der Waals surface area (Å²) >= 11 is 1.62. The average molecular weight is 425 g/mol. The molecule has 1 heterocycles. The molecule has 7 heteroatoms. The highest BCUT2D eigenvalue weighted by Crippen LogP contribution is 2.21. The number of nitrogens with zero attached hydrogens (tertiary/aromatic N) is 1. The van der Waals surface area contributed by atoms with Crippen LogP contribution < -0.4 is 10.2 Å². The third kappa shape index (κ3) is 5.70. The lowest BCUT2D eigenvalue weighted by molar-refractivity contribution is -0.115. The van der Waals surface area contributed by atoms with E-state index < -0.39 is 9.84 Å². The van der Waals surface area contributed by atoms with Crippen LogP contribution in [0, 0.1) is 12.3 Å². The smallest absolute Gasteiger partial charge is 0.243 e. The number of carbonyl (C=O) groups excluding carboxylic acids is 1. The molecule has 0 fully saturated rings. The van der Waals surface area contributed by atoms with Gasteiger partial charge in [0, 0.05) is 28.1 Å². The molecule has 2 aromatic carbocycles. The molecule has 0 aliphatic carbocycles. The number of carbonyl (C=O) groups is 1. The Kier molecular flexibility index (Phi) is 6.37. The lowest BCUT2D eigenvalue weighted by atomic mass is 10.2. The van der Waals surface area contributed by atoms with Gasteiger partial charge in [0.25, 0.3) is 0 Å². The molecule has 0 radical (unpaired) electrons. The molecular weight excluding hydrogens is 404 g/mol.